The Morgan fingerprint density at radius 2 is 2.36 bits per heavy atom. The molecule has 0 radical (unpaired) electrons. The van der Waals surface area contributed by atoms with Crippen molar-refractivity contribution < 1.29 is 0 Å². The van der Waals surface area contributed by atoms with Crippen LogP contribution in [0.5, 0.6) is 0 Å². The highest BCUT2D eigenvalue weighted by Crippen LogP contribution is 2.09. The number of aryl methyl sites for hydroxylation is 1. The number of hydrogen-bond donors (Lipinski definition) is 1. The van der Waals surface area contributed by atoms with Crippen LogP contribution in [0, 0.1) is 6.92 Å². The lowest BCUT2D eigenvalue weighted by Gasteiger charge is -2.17. The van der Waals surface area contributed by atoms with Gasteiger partial charge in [0.05, 0.1) is 6.54 Å². The minimum absolute atomic E-state index is 0.673. The molecule has 1 heterocycles. The first kappa shape index (κ1) is 9.06. The van der Waals surface area contributed by atoms with Crippen LogP contribution in [0.15, 0.2) is 29.3 Å². The first-order valence-corrected chi connectivity index (χ1v) is 4.86. The second-order valence-electron chi connectivity index (χ2n) is 3.65. The third-order valence-corrected chi connectivity index (χ3v) is 2.42. The summed E-state index contributed by atoms with van der Waals surface area (Å²) in [5.74, 6) is 0.673. The van der Waals surface area contributed by atoms with Gasteiger partial charge in [0.1, 0.15) is 0 Å². The topological polar surface area (TPSA) is 41.6 Å². The van der Waals surface area contributed by atoms with Gasteiger partial charge in [-0.25, -0.2) is 0 Å². The molecule has 0 bridgehead atoms. The van der Waals surface area contributed by atoms with E-state index in [1.54, 1.807) is 0 Å². The third kappa shape index (κ3) is 1.87. The van der Waals surface area contributed by atoms with Crippen molar-refractivity contribution >= 4 is 5.96 Å². The molecule has 2 rings (SSSR count). The largest absolute Gasteiger partial charge is 0.370 e. The summed E-state index contributed by atoms with van der Waals surface area (Å²) in [6.45, 7) is 4.75. The smallest absolute Gasteiger partial charge is 0.191 e. The van der Waals surface area contributed by atoms with E-state index in [4.69, 9.17) is 5.73 Å². The Balaban J connectivity index is 2.07. The van der Waals surface area contributed by atoms with Crippen molar-refractivity contribution in [3.63, 3.8) is 0 Å². The normalized spacial score (nSPS) is 15.8. The summed E-state index contributed by atoms with van der Waals surface area (Å²) in [4.78, 5) is 6.26. The predicted octanol–water partition coefficient (Wildman–Crippen LogP) is 1.13. The van der Waals surface area contributed by atoms with Gasteiger partial charge in [-0.05, 0) is 12.5 Å². The first-order chi connectivity index (χ1) is 6.75. The fourth-order valence-electron chi connectivity index (χ4n) is 1.69. The van der Waals surface area contributed by atoms with Crippen LogP contribution in [0.2, 0.25) is 0 Å². The van der Waals surface area contributed by atoms with Crippen molar-refractivity contribution in [2.45, 2.75) is 13.5 Å². The number of nitrogens with two attached hydrogens (primary N) is 1. The monoisotopic (exact) mass is 189 g/mol. The zero-order chi connectivity index (χ0) is 9.97. The number of rotatable bonds is 2. The van der Waals surface area contributed by atoms with Gasteiger partial charge in [0.25, 0.3) is 0 Å². The first-order valence-electron chi connectivity index (χ1n) is 4.86. The third-order valence-electron chi connectivity index (χ3n) is 2.42. The molecule has 3 heteroatoms. The van der Waals surface area contributed by atoms with E-state index in [1.165, 1.54) is 11.1 Å². The zero-order valence-electron chi connectivity index (χ0n) is 8.40. The molecular weight excluding hydrogens is 174 g/mol. The second-order valence-corrected chi connectivity index (χ2v) is 3.65. The van der Waals surface area contributed by atoms with Crippen LogP contribution in [-0.2, 0) is 6.54 Å². The van der Waals surface area contributed by atoms with Gasteiger partial charge in [0, 0.05) is 13.1 Å². The molecule has 1 aromatic rings. The quantitative estimate of drug-likeness (QED) is 0.757. The number of benzene rings is 1. The Kier molecular flexibility index (Phi) is 2.39. The van der Waals surface area contributed by atoms with E-state index in [9.17, 15) is 0 Å². The molecule has 2 N–H and O–H groups in total. The lowest BCUT2D eigenvalue weighted by molar-refractivity contribution is 0.448. The molecule has 0 fully saturated rings. The molecule has 0 spiro atoms. The lowest BCUT2D eigenvalue weighted by atomic mass is 10.1. The standard InChI is InChI=1S/C11H15N3/c1-9-3-2-4-10(7-9)8-14-6-5-13-11(14)12/h2-4,7H,5-6,8H2,1H3,(H2,12,13). The molecule has 0 atom stereocenters. The van der Waals surface area contributed by atoms with Gasteiger partial charge in [0.15, 0.2) is 5.96 Å². The van der Waals surface area contributed by atoms with Gasteiger partial charge in [-0.1, -0.05) is 29.8 Å². The van der Waals surface area contributed by atoms with Crippen LogP contribution < -0.4 is 5.73 Å². The second kappa shape index (κ2) is 3.70. The minimum atomic E-state index is 0.673. The highest BCUT2D eigenvalue weighted by molar-refractivity contribution is 5.79. The molecule has 0 saturated heterocycles. The van der Waals surface area contributed by atoms with Crippen molar-refractivity contribution in [2.24, 2.45) is 10.7 Å². The molecule has 0 aromatic heterocycles. The van der Waals surface area contributed by atoms with Gasteiger partial charge < -0.3 is 10.6 Å². The van der Waals surface area contributed by atoms with Crippen molar-refractivity contribution in [3.05, 3.63) is 35.4 Å². The average Bonchev–Trinajstić information content (AvgIpc) is 2.52. The van der Waals surface area contributed by atoms with Crippen molar-refractivity contribution in [2.75, 3.05) is 13.1 Å². The molecular formula is C11H15N3. The summed E-state index contributed by atoms with van der Waals surface area (Å²) in [7, 11) is 0. The maximum Gasteiger partial charge on any atom is 0.191 e. The van der Waals surface area contributed by atoms with E-state index in [-0.39, 0.29) is 0 Å². The van der Waals surface area contributed by atoms with Crippen molar-refractivity contribution in [1.82, 2.24) is 4.90 Å². The maximum absolute atomic E-state index is 5.74. The van der Waals surface area contributed by atoms with E-state index in [0.717, 1.165) is 19.6 Å². The van der Waals surface area contributed by atoms with E-state index in [2.05, 4.69) is 41.1 Å². The van der Waals surface area contributed by atoms with E-state index < -0.39 is 0 Å². The molecule has 0 unspecified atom stereocenters. The van der Waals surface area contributed by atoms with Gasteiger partial charge >= 0.3 is 0 Å². The van der Waals surface area contributed by atoms with Crippen LogP contribution in [0.4, 0.5) is 0 Å². The van der Waals surface area contributed by atoms with Crippen molar-refractivity contribution in [1.29, 1.82) is 0 Å². The number of nitrogens with zero attached hydrogens (tertiary/aromatic N) is 2. The van der Waals surface area contributed by atoms with Gasteiger partial charge in [-0.15, -0.1) is 0 Å². The highest BCUT2D eigenvalue weighted by atomic mass is 15.3. The summed E-state index contributed by atoms with van der Waals surface area (Å²) in [5.41, 5.74) is 8.33. The van der Waals surface area contributed by atoms with Crippen LogP contribution in [-0.4, -0.2) is 23.9 Å². The fraction of sp³-hybridized carbons (Fsp3) is 0.364. The zero-order valence-corrected chi connectivity index (χ0v) is 8.40. The molecule has 0 amide bonds. The molecule has 1 aliphatic heterocycles. The van der Waals surface area contributed by atoms with E-state index in [0.29, 0.717) is 5.96 Å². The van der Waals surface area contributed by atoms with Crippen LogP contribution in [0.25, 0.3) is 0 Å². The summed E-state index contributed by atoms with van der Waals surface area (Å²) in [6.07, 6.45) is 0. The van der Waals surface area contributed by atoms with Gasteiger partial charge in [-0.2, -0.15) is 0 Å². The predicted molar refractivity (Wildman–Crippen MR) is 58.1 cm³/mol. The molecule has 0 aliphatic carbocycles. The lowest BCUT2D eigenvalue weighted by Crippen LogP contribution is -2.33. The molecule has 74 valence electrons. The summed E-state index contributed by atoms with van der Waals surface area (Å²) in [6, 6.07) is 8.49. The molecule has 3 nitrogen and oxygen atoms in total. The summed E-state index contributed by atoms with van der Waals surface area (Å²) < 4.78 is 0. The Bertz CT molecular complexity index is 357. The molecule has 14 heavy (non-hydrogen) atoms. The van der Waals surface area contributed by atoms with Crippen LogP contribution >= 0.6 is 0 Å². The van der Waals surface area contributed by atoms with Crippen LogP contribution in [0.3, 0.4) is 0 Å². The number of aliphatic imine (C=N–C) groups is 1. The SMILES string of the molecule is Cc1cccc(CN2CCN=C2N)c1. The van der Waals surface area contributed by atoms with Crippen LogP contribution in [0.1, 0.15) is 11.1 Å². The molecule has 0 saturated carbocycles. The number of guanidine groups is 1. The van der Waals surface area contributed by atoms with Gasteiger partial charge in [0.2, 0.25) is 0 Å². The van der Waals surface area contributed by atoms with Gasteiger partial charge in [-0.3, -0.25) is 4.99 Å². The maximum atomic E-state index is 5.74. The summed E-state index contributed by atoms with van der Waals surface area (Å²) >= 11 is 0. The fourth-order valence-corrected chi connectivity index (χ4v) is 1.69. The average molecular weight is 189 g/mol. The Labute approximate surface area is 84.2 Å². The minimum Gasteiger partial charge on any atom is -0.370 e. The highest BCUT2D eigenvalue weighted by Gasteiger charge is 2.13. The Hall–Kier alpha value is -1.51. The van der Waals surface area contributed by atoms with E-state index in [1.807, 2.05) is 0 Å². The Morgan fingerprint density at radius 1 is 1.50 bits per heavy atom. The molecule has 1 aliphatic rings. The number of hydrogen-bond acceptors (Lipinski definition) is 3. The van der Waals surface area contributed by atoms with E-state index >= 15 is 0 Å². The Morgan fingerprint density at radius 3 is 3.00 bits per heavy atom. The van der Waals surface area contributed by atoms with Crippen molar-refractivity contribution in [3.8, 4) is 0 Å². The summed E-state index contributed by atoms with van der Waals surface area (Å²) in [5, 5.41) is 0. The molecule has 1 aromatic carbocycles.